The second kappa shape index (κ2) is 6.04. The molecular weight excluding hydrogens is 316 g/mol. The van der Waals surface area contributed by atoms with Crippen LogP contribution in [-0.4, -0.2) is 18.0 Å². The fourth-order valence-electron chi connectivity index (χ4n) is 1.28. The monoisotopic (exact) mass is 332 g/mol. The summed E-state index contributed by atoms with van der Waals surface area (Å²) in [4.78, 5) is 11.8. The highest BCUT2D eigenvalue weighted by Gasteiger charge is 2.12. The van der Waals surface area contributed by atoms with Gasteiger partial charge in [-0.25, -0.2) is 0 Å². The molecule has 0 aromatic heterocycles. The van der Waals surface area contributed by atoms with Crippen molar-refractivity contribution >= 4 is 39.1 Å². The lowest BCUT2D eigenvalue weighted by molar-refractivity contribution is -0.115. The fourth-order valence-corrected chi connectivity index (χ4v) is 2.00. The van der Waals surface area contributed by atoms with Gasteiger partial charge in [0.2, 0.25) is 5.91 Å². The van der Waals surface area contributed by atoms with E-state index in [2.05, 4.69) is 26.6 Å². The van der Waals surface area contributed by atoms with Gasteiger partial charge in [0.1, 0.15) is 0 Å². The van der Waals surface area contributed by atoms with Crippen molar-refractivity contribution in [2.75, 3.05) is 11.9 Å². The third kappa shape index (κ3) is 4.96. The standard InChI is InChI=1S/C13H18BrClN2O/c1-8-5-9(14)11(6-10(8)15)17-12(18)7-16-13(2,3)4/h5-6,16H,7H2,1-4H3,(H,17,18). The SMILES string of the molecule is Cc1cc(Br)c(NC(=O)CNC(C)(C)C)cc1Cl. The summed E-state index contributed by atoms with van der Waals surface area (Å²) in [5, 5.41) is 6.58. The van der Waals surface area contributed by atoms with Crippen LogP contribution in [0, 0.1) is 6.92 Å². The first-order valence-corrected chi connectivity index (χ1v) is 6.86. The van der Waals surface area contributed by atoms with E-state index in [-0.39, 0.29) is 18.0 Å². The van der Waals surface area contributed by atoms with E-state index in [0.717, 1.165) is 10.0 Å². The van der Waals surface area contributed by atoms with Crippen LogP contribution in [0.2, 0.25) is 5.02 Å². The van der Waals surface area contributed by atoms with E-state index in [1.165, 1.54) is 0 Å². The minimum Gasteiger partial charge on any atom is -0.324 e. The third-order valence-corrected chi connectivity index (χ3v) is 3.36. The fraction of sp³-hybridized carbons (Fsp3) is 0.462. The molecule has 0 aliphatic heterocycles. The van der Waals surface area contributed by atoms with Crippen LogP contribution in [0.1, 0.15) is 26.3 Å². The van der Waals surface area contributed by atoms with Crippen LogP contribution in [0.3, 0.4) is 0 Å². The van der Waals surface area contributed by atoms with Crippen LogP contribution in [0.4, 0.5) is 5.69 Å². The summed E-state index contributed by atoms with van der Waals surface area (Å²) >= 11 is 9.44. The molecule has 0 fully saturated rings. The van der Waals surface area contributed by atoms with Crippen molar-refractivity contribution in [3.63, 3.8) is 0 Å². The molecule has 100 valence electrons. The normalized spacial score (nSPS) is 11.4. The zero-order chi connectivity index (χ0) is 13.9. The van der Waals surface area contributed by atoms with Crippen LogP contribution in [-0.2, 0) is 4.79 Å². The Labute approximate surface area is 121 Å². The maximum atomic E-state index is 11.8. The molecule has 3 nitrogen and oxygen atoms in total. The number of anilines is 1. The molecule has 1 aromatic carbocycles. The molecule has 1 amide bonds. The number of carbonyl (C=O) groups is 1. The van der Waals surface area contributed by atoms with Crippen molar-refractivity contribution in [3.05, 3.63) is 27.2 Å². The molecule has 0 unspecified atom stereocenters. The summed E-state index contributed by atoms with van der Waals surface area (Å²) in [5.41, 5.74) is 1.57. The number of hydrogen-bond acceptors (Lipinski definition) is 2. The lowest BCUT2D eigenvalue weighted by atomic mass is 10.1. The summed E-state index contributed by atoms with van der Waals surface area (Å²) in [5.74, 6) is -0.0921. The van der Waals surface area contributed by atoms with Gasteiger partial charge in [-0.1, -0.05) is 11.6 Å². The van der Waals surface area contributed by atoms with Crippen molar-refractivity contribution in [3.8, 4) is 0 Å². The molecule has 0 heterocycles. The predicted molar refractivity (Wildman–Crippen MR) is 80.3 cm³/mol. The first-order valence-electron chi connectivity index (χ1n) is 5.69. The Morgan fingerprint density at radius 2 is 2.00 bits per heavy atom. The second-order valence-corrected chi connectivity index (χ2v) is 6.49. The van der Waals surface area contributed by atoms with Gasteiger partial charge in [0.05, 0.1) is 12.2 Å². The molecule has 0 atom stereocenters. The number of benzene rings is 1. The quantitative estimate of drug-likeness (QED) is 0.885. The molecule has 0 radical (unpaired) electrons. The molecular formula is C13H18BrClN2O. The molecule has 18 heavy (non-hydrogen) atoms. The van der Waals surface area contributed by atoms with E-state index in [4.69, 9.17) is 11.6 Å². The molecule has 5 heteroatoms. The minimum atomic E-state index is -0.0921. The highest BCUT2D eigenvalue weighted by Crippen LogP contribution is 2.29. The summed E-state index contributed by atoms with van der Waals surface area (Å²) in [6.45, 7) is 8.22. The van der Waals surface area contributed by atoms with Crippen LogP contribution in [0.25, 0.3) is 0 Å². The highest BCUT2D eigenvalue weighted by atomic mass is 79.9. The Hall–Kier alpha value is -0.580. The lowest BCUT2D eigenvalue weighted by Gasteiger charge is -2.20. The Bertz CT molecular complexity index is 455. The van der Waals surface area contributed by atoms with Gasteiger partial charge < -0.3 is 10.6 Å². The van der Waals surface area contributed by atoms with E-state index < -0.39 is 0 Å². The Morgan fingerprint density at radius 3 is 2.56 bits per heavy atom. The second-order valence-electron chi connectivity index (χ2n) is 5.23. The summed E-state index contributed by atoms with van der Waals surface area (Å²) in [6.07, 6.45) is 0. The molecule has 2 N–H and O–H groups in total. The molecule has 0 bridgehead atoms. The van der Waals surface area contributed by atoms with Crippen molar-refractivity contribution in [2.24, 2.45) is 0 Å². The first kappa shape index (κ1) is 15.5. The topological polar surface area (TPSA) is 41.1 Å². The van der Waals surface area contributed by atoms with Gasteiger partial charge in [-0.05, 0) is 61.3 Å². The first-order chi connectivity index (χ1) is 8.19. The smallest absolute Gasteiger partial charge is 0.238 e. The summed E-state index contributed by atoms with van der Waals surface area (Å²) < 4.78 is 0.827. The number of hydrogen-bond donors (Lipinski definition) is 2. The van der Waals surface area contributed by atoms with Gasteiger partial charge in [0.15, 0.2) is 0 Å². The molecule has 0 saturated heterocycles. The Morgan fingerprint density at radius 1 is 1.39 bits per heavy atom. The summed E-state index contributed by atoms with van der Waals surface area (Å²) in [7, 11) is 0. The highest BCUT2D eigenvalue weighted by molar-refractivity contribution is 9.10. The number of nitrogens with one attached hydrogen (secondary N) is 2. The van der Waals surface area contributed by atoms with Crippen molar-refractivity contribution in [1.82, 2.24) is 5.32 Å². The zero-order valence-corrected chi connectivity index (χ0v) is 13.4. The third-order valence-electron chi connectivity index (χ3n) is 2.30. The van der Waals surface area contributed by atoms with E-state index in [1.54, 1.807) is 6.07 Å². The predicted octanol–water partition coefficient (Wildman–Crippen LogP) is 3.74. The van der Waals surface area contributed by atoms with Crippen molar-refractivity contribution in [2.45, 2.75) is 33.2 Å². The van der Waals surface area contributed by atoms with Gasteiger partial charge in [0.25, 0.3) is 0 Å². The zero-order valence-electron chi connectivity index (χ0n) is 11.0. The van der Waals surface area contributed by atoms with Crippen LogP contribution in [0.5, 0.6) is 0 Å². The number of halogens is 2. The van der Waals surface area contributed by atoms with Crippen molar-refractivity contribution < 1.29 is 4.79 Å². The maximum Gasteiger partial charge on any atom is 0.238 e. The molecule has 0 spiro atoms. The van der Waals surface area contributed by atoms with Crippen LogP contribution >= 0.6 is 27.5 Å². The van der Waals surface area contributed by atoms with Gasteiger partial charge >= 0.3 is 0 Å². The molecule has 1 rings (SSSR count). The molecule has 0 saturated carbocycles. The van der Waals surface area contributed by atoms with Gasteiger partial charge in [0, 0.05) is 15.0 Å². The average Bonchev–Trinajstić information content (AvgIpc) is 2.22. The molecule has 0 aliphatic rings. The Balaban J connectivity index is 2.68. The van der Waals surface area contributed by atoms with E-state index >= 15 is 0 Å². The minimum absolute atomic E-state index is 0.0838. The number of rotatable bonds is 3. The lowest BCUT2D eigenvalue weighted by Crippen LogP contribution is -2.41. The number of amides is 1. The van der Waals surface area contributed by atoms with Crippen molar-refractivity contribution in [1.29, 1.82) is 0 Å². The van der Waals surface area contributed by atoms with Crippen LogP contribution in [0.15, 0.2) is 16.6 Å². The molecule has 0 aliphatic carbocycles. The molecule has 1 aromatic rings. The van der Waals surface area contributed by atoms with E-state index in [0.29, 0.717) is 10.7 Å². The van der Waals surface area contributed by atoms with Gasteiger partial charge in [-0.3, -0.25) is 4.79 Å². The number of carbonyl (C=O) groups excluding carboxylic acids is 1. The van der Waals surface area contributed by atoms with E-state index in [1.807, 2.05) is 33.8 Å². The van der Waals surface area contributed by atoms with Crippen LogP contribution < -0.4 is 10.6 Å². The van der Waals surface area contributed by atoms with Gasteiger partial charge in [-0.2, -0.15) is 0 Å². The van der Waals surface area contributed by atoms with Gasteiger partial charge in [-0.15, -0.1) is 0 Å². The summed E-state index contributed by atoms with van der Waals surface area (Å²) in [6, 6.07) is 3.63. The average molecular weight is 334 g/mol. The largest absolute Gasteiger partial charge is 0.324 e. The number of aryl methyl sites for hydroxylation is 1. The maximum absolute atomic E-state index is 11.8. The Kier molecular flexibility index (Phi) is 5.20. The van der Waals surface area contributed by atoms with E-state index in [9.17, 15) is 4.79 Å².